The van der Waals surface area contributed by atoms with Crippen LogP contribution in [0, 0.1) is 0 Å². The van der Waals surface area contributed by atoms with E-state index in [4.69, 9.17) is 10.5 Å². The molecule has 0 aromatic heterocycles. The predicted molar refractivity (Wildman–Crippen MR) is 84.7 cm³/mol. The fourth-order valence-corrected chi connectivity index (χ4v) is 2.98. The summed E-state index contributed by atoms with van der Waals surface area (Å²) in [6.07, 6.45) is 0.756. The molecule has 1 amide bonds. The Kier molecular flexibility index (Phi) is 3.90. The highest BCUT2D eigenvalue weighted by Gasteiger charge is 2.29. The molecule has 4 nitrogen and oxygen atoms in total. The van der Waals surface area contributed by atoms with Crippen molar-refractivity contribution >= 4 is 22.4 Å². The first-order valence-corrected chi connectivity index (χ1v) is 7.41. The van der Waals surface area contributed by atoms with Crippen molar-refractivity contribution in [3.8, 4) is 0 Å². The summed E-state index contributed by atoms with van der Waals surface area (Å²) in [5.74, 6) is 0.0778. The Bertz CT molecular complexity index is 664. The molecule has 1 aliphatic heterocycles. The molecular weight excluding hydrogens is 264 g/mol. The summed E-state index contributed by atoms with van der Waals surface area (Å²) in [5, 5.41) is 2.17. The lowest BCUT2D eigenvalue weighted by Crippen LogP contribution is -2.33. The number of anilines is 1. The number of nitrogens with zero attached hydrogens (tertiary/aromatic N) is 1. The Hall–Kier alpha value is -1.91. The summed E-state index contributed by atoms with van der Waals surface area (Å²) >= 11 is 0. The van der Waals surface area contributed by atoms with Gasteiger partial charge in [0.05, 0.1) is 11.8 Å². The molecule has 0 aliphatic carbocycles. The topological polar surface area (TPSA) is 55.6 Å². The molecule has 0 saturated carbocycles. The highest BCUT2D eigenvalue weighted by atomic mass is 16.5. The molecule has 4 heteroatoms. The van der Waals surface area contributed by atoms with E-state index in [2.05, 4.69) is 0 Å². The summed E-state index contributed by atoms with van der Waals surface area (Å²) in [5.41, 5.74) is 7.51. The van der Waals surface area contributed by atoms with Gasteiger partial charge in [-0.1, -0.05) is 24.3 Å². The largest absolute Gasteiger partial charge is 0.377 e. The molecule has 2 aromatic carbocycles. The van der Waals surface area contributed by atoms with Crippen molar-refractivity contribution in [3.05, 3.63) is 42.0 Å². The van der Waals surface area contributed by atoms with Crippen LogP contribution in [0.25, 0.3) is 10.8 Å². The molecule has 110 valence electrons. The zero-order valence-corrected chi connectivity index (χ0v) is 12.2. The van der Waals surface area contributed by atoms with Crippen molar-refractivity contribution in [2.24, 2.45) is 5.73 Å². The van der Waals surface area contributed by atoms with Gasteiger partial charge in [-0.25, -0.2) is 0 Å². The van der Waals surface area contributed by atoms with E-state index in [9.17, 15) is 4.79 Å². The van der Waals surface area contributed by atoms with Gasteiger partial charge in [-0.3, -0.25) is 4.79 Å². The average molecular weight is 284 g/mol. The maximum Gasteiger partial charge on any atom is 0.258 e. The van der Waals surface area contributed by atoms with Crippen LogP contribution in [0.2, 0.25) is 0 Å². The SMILES string of the molecule is CCOC(CN)CCN1C(=O)c2cccc3cccc1c23. The molecule has 3 rings (SSSR count). The van der Waals surface area contributed by atoms with E-state index in [-0.39, 0.29) is 12.0 Å². The summed E-state index contributed by atoms with van der Waals surface area (Å²) < 4.78 is 5.57. The van der Waals surface area contributed by atoms with E-state index in [0.717, 1.165) is 28.4 Å². The van der Waals surface area contributed by atoms with Gasteiger partial charge in [0.15, 0.2) is 0 Å². The minimum absolute atomic E-state index is 0.00529. The number of carbonyl (C=O) groups excluding carboxylic acids is 1. The minimum Gasteiger partial charge on any atom is -0.377 e. The summed E-state index contributed by atoms with van der Waals surface area (Å²) in [6, 6.07) is 11.9. The lowest BCUT2D eigenvalue weighted by atomic mass is 10.1. The molecule has 1 aliphatic rings. The summed E-state index contributed by atoms with van der Waals surface area (Å²) in [6.45, 7) is 3.72. The van der Waals surface area contributed by atoms with Crippen LogP contribution in [0.1, 0.15) is 23.7 Å². The van der Waals surface area contributed by atoms with Crippen molar-refractivity contribution in [1.29, 1.82) is 0 Å². The maximum atomic E-state index is 12.6. The normalized spacial score (nSPS) is 15.0. The van der Waals surface area contributed by atoms with Crippen LogP contribution in [0.5, 0.6) is 0 Å². The zero-order chi connectivity index (χ0) is 14.8. The number of hydrogen-bond donors (Lipinski definition) is 1. The fourth-order valence-electron chi connectivity index (χ4n) is 2.98. The van der Waals surface area contributed by atoms with Crippen LogP contribution in [-0.4, -0.2) is 31.7 Å². The lowest BCUT2D eigenvalue weighted by Gasteiger charge is -2.21. The van der Waals surface area contributed by atoms with E-state index in [1.54, 1.807) is 0 Å². The van der Waals surface area contributed by atoms with Crippen LogP contribution < -0.4 is 10.6 Å². The van der Waals surface area contributed by atoms with Gasteiger partial charge < -0.3 is 15.4 Å². The standard InChI is InChI=1S/C17H20N2O2/c1-2-21-13(11-18)9-10-19-15-8-4-6-12-5-3-7-14(16(12)15)17(19)20/h3-8,13H,2,9-11,18H2,1H3. The van der Waals surface area contributed by atoms with Crippen molar-refractivity contribution in [2.75, 3.05) is 24.6 Å². The van der Waals surface area contributed by atoms with Crippen LogP contribution in [-0.2, 0) is 4.74 Å². The molecule has 0 bridgehead atoms. The first kappa shape index (κ1) is 14.0. The van der Waals surface area contributed by atoms with Gasteiger partial charge in [0.25, 0.3) is 5.91 Å². The molecule has 0 fully saturated rings. The average Bonchev–Trinajstić information content (AvgIpc) is 2.79. The van der Waals surface area contributed by atoms with Crippen molar-refractivity contribution in [1.82, 2.24) is 0 Å². The van der Waals surface area contributed by atoms with Gasteiger partial charge in [-0.05, 0) is 30.9 Å². The van der Waals surface area contributed by atoms with Crippen molar-refractivity contribution < 1.29 is 9.53 Å². The van der Waals surface area contributed by atoms with Gasteiger partial charge in [0.1, 0.15) is 0 Å². The Morgan fingerprint density at radius 2 is 2.00 bits per heavy atom. The summed E-state index contributed by atoms with van der Waals surface area (Å²) in [7, 11) is 0. The number of ether oxygens (including phenoxy) is 1. The third-order valence-corrected chi connectivity index (χ3v) is 3.99. The molecule has 1 atom stereocenters. The lowest BCUT2D eigenvalue weighted by molar-refractivity contribution is 0.0639. The fraction of sp³-hybridized carbons (Fsp3) is 0.353. The maximum absolute atomic E-state index is 12.6. The highest BCUT2D eigenvalue weighted by Crippen LogP contribution is 2.37. The number of benzene rings is 2. The van der Waals surface area contributed by atoms with Crippen LogP contribution >= 0.6 is 0 Å². The second-order valence-electron chi connectivity index (χ2n) is 5.24. The van der Waals surface area contributed by atoms with Crippen LogP contribution in [0.3, 0.4) is 0 Å². The van der Waals surface area contributed by atoms with E-state index in [1.807, 2.05) is 48.2 Å². The van der Waals surface area contributed by atoms with Gasteiger partial charge in [0.2, 0.25) is 0 Å². The van der Waals surface area contributed by atoms with Gasteiger partial charge >= 0.3 is 0 Å². The Morgan fingerprint density at radius 3 is 2.71 bits per heavy atom. The Balaban J connectivity index is 1.86. The Labute approximate surface area is 124 Å². The molecule has 0 radical (unpaired) electrons. The first-order valence-electron chi connectivity index (χ1n) is 7.41. The molecular formula is C17H20N2O2. The van der Waals surface area contributed by atoms with Crippen LogP contribution in [0.4, 0.5) is 5.69 Å². The molecule has 0 saturated heterocycles. The number of nitrogens with two attached hydrogens (primary N) is 1. The number of amides is 1. The second-order valence-corrected chi connectivity index (χ2v) is 5.24. The van der Waals surface area contributed by atoms with E-state index < -0.39 is 0 Å². The summed E-state index contributed by atoms with van der Waals surface area (Å²) in [4.78, 5) is 14.4. The van der Waals surface area contributed by atoms with Gasteiger partial charge in [-0.2, -0.15) is 0 Å². The third kappa shape index (κ3) is 2.41. The van der Waals surface area contributed by atoms with Gasteiger partial charge in [0, 0.05) is 30.6 Å². The van der Waals surface area contributed by atoms with E-state index in [1.165, 1.54) is 0 Å². The quantitative estimate of drug-likeness (QED) is 0.887. The molecule has 2 aromatic rings. The number of carbonyl (C=O) groups is 1. The van der Waals surface area contributed by atoms with Crippen molar-refractivity contribution in [2.45, 2.75) is 19.4 Å². The number of hydrogen-bond acceptors (Lipinski definition) is 3. The Morgan fingerprint density at radius 1 is 1.24 bits per heavy atom. The molecule has 1 heterocycles. The monoisotopic (exact) mass is 284 g/mol. The molecule has 1 unspecified atom stereocenters. The minimum atomic E-state index is 0.00529. The van der Waals surface area contributed by atoms with Gasteiger partial charge in [-0.15, -0.1) is 0 Å². The smallest absolute Gasteiger partial charge is 0.258 e. The van der Waals surface area contributed by atoms with E-state index >= 15 is 0 Å². The molecule has 2 N–H and O–H groups in total. The molecule has 21 heavy (non-hydrogen) atoms. The zero-order valence-electron chi connectivity index (χ0n) is 12.2. The van der Waals surface area contributed by atoms with Crippen LogP contribution in [0.15, 0.2) is 36.4 Å². The third-order valence-electron chi connectivity index (χ3n) is 3.99. The molecule has 0 spiro atoms. The van der Waals surface area contributed by atoms with E-state index in [0.29, 0.717) is 19.7 Å². The van der Waals surface area contributed by atoms with Crippen molar-refractivity contribution in [3.63, 3.8) is 0 Å². The second kappa shape index (κ2) is 5.84. The number of rotatable bonds is 6. The predicted octanol–water partition coefficient (Wildman–Crippen LogP) is 2.55. The first-order chi connectivity index (χ1) is 10.3. The highest BCUT2D eigenvalue weighted by molar-refractivity contribution is 6.24.